The lowest BCUT2D eigenvalue weighted by Crippen LogP contribution is -2.51. The molecule has 3 aromatic carbocycles. The van der Waals surface area contributed by atoms with Crippen LogP contribution in [0.4, 0.5) is 20.6 Å². The number of hydrogen-bond donors (Lipinski definition) is 1. The Labute approximate surface area is 196 Å². The van der Waals surface area contributed by atoms with E-state index in [0.29, 0.717) is 23.5 Å². The van der Waals surface area contributed by atoms with E-state index in [9.17, 15) is 14.0 Å². The zero-order valence-corrected chi connectivity index (χ0v) is 19.3. The maximum atomic E-state index is 14.4. The van der Waals surface area contributed by atoms with Crippen molar-refractivity contribution < 1.29 is 14.0 Å². The average molecular weight is 462 g/mol. The summed E-state index contributed by atoms with van der Waals surface area (Å²) in [7, 11) is 0. The minimum atomic E-state index is -1.17. The number of amides is 3. The third-order valence-electron chi connectivity index (χ3n) is 6.15. The summed E-state index contributed by atoms with van der Waals surface area (Å²) in [5, 5.41) is 2.96. The Morgan fingerprint density at radius 1 is 1.06 bits per heavy atom. The van der Waals surface area contributed by atoms with Crippen molar-refractivity contribution in [2.45, 2.75) is 25.3 Å². The zero-order valence-electron chi connectivity index (χ0n) is 18.5. The van der Waals surface area contributed by atoms with Crippen LogP contribution >= 0.6 is 11.8 Å². The highest BCUT2D eigenvalue weighted by Gasteiger charge is 2.59. The number of nitrogens with one attached hydrogen (secondary N) is 1. The van der Waals surface area contributed by atoms with Crippen molar-refractivity contribution >= 4 is 35.1 Å². The molecule has 3 amide bonds. The molecule has 33 heavy (non-hydrogen) atoms. The highest BCUT2D eigenvalue weighted by molar-refractivity contribution is 8.01. The van der Waals surface area contributed by atoms with Gasteiger partial charge < -0.3 is 10.2 Å². The maximum Gasteiger partial charge on any atom is 0.323 e. The molecule has 0 radical (unpaired) electrons. The number of benzene rings is 3. The normalized spacial score (nSPS) is 19.3. The molecule has 2 aliphatic rings. The Morgan fingerprint density at radius 2 is 1.85 bits per heavy atom. The largest absolute Gasteiger partial charge is 0.323 e. The predicted molar refractivity (Wildman–Crippen MR) is 130 cm³/mol. The molecule has 0 saturated carbocycles. The highest BCUT2D eigenvalue weighted by atomic mass is 32.2. The van der Waals surface area contributed by atoms with Crippen LogP contribution in [0.1, 0.15) is 22.3 Å². The van der Waals surface area contributed by atoms with Gasteiger partial charge in [-0.1, -0.05) is 48.0 Å². The Kier molecular flexibility index (Phi) is 5.37. The van der Waals surface area contributed by atoms with E-state index >= 15 is 0 Å². The SMILES string of the molecule is Cc1cccc(NC(=O)N2CCSC23C(=O)N(Cc2ccccc2F)c2ccc(C)cc23)c1. The van der Waals surface area contributed by atoms with Crippen molar-refractivity contribution in [3.05, 3.63) is 94.8 Å². The van der Waals surface area contributed by atoms with Gasteiger partial charge in [-0.25, -0.2) is 9.18 Å². The molecule has 1 saturated heterocycles. The van der Waals surface area contributed by atoms with Crippen LogP contribution in [0, 0.1) is 19.7 Å². The van der Waals surface area contributed by atoms with Crippen LogP contribution < -0.4 is 10.2 Å². The third-order valence-corrected chi connectivity index (χ3v) is 7.57. The molecule has 0 aliphatic carbocycles. The Hall–Kier alpha value is -3.32. The quantitative estimate of drug-likeness (QED) is 0.566. The molecule has 7 heteroatoms. The van der Waals surface area contributed by atoms with Gasteiger partial charge >= 0.3 is 6.03 Å². The molecule has 1 N–H and O–H groups in total. The number of thioether (sulfide) groups is 1. The van der Waals surface area contributed by atoms with Crippen LogP contribution in [0.5, 0.6) is 0 Å². The first kappa shape index (κ1) is 21.5. The molecule has 1 spiro atoms. The molecule has 0 bridgehead atoms. The lowest BCUT2D eigenvalue weighted by atomic mass is 10.0. The minimum absolute atomic E-state index is 0.108. The number of anilines is 2. The fourth-order valence-electron chi connectivity index (χ4n) is 4.60. The number of urea groups is 1. The van der Waals surface area contributed by atoms with Crippen molar-refractivity contribution in [1.29, 1.82) is 0 Å². The summed E-state index contributed by atoms with van der Waals surface area (Å²) in [6.07, 6.45) is 0. The smallest absolute Gasteiger partial charge is 0.308 e. The second-order valence-electron chi connectivity index (χ2n) is 8.45. The molecule has 2 aliphatic heterocycles. The van der Waals surface area contributed by atoms with Crippen molar-refractivity contribution in [2.24, 2.45) is 0 Å². The molecule has 2 heterocycles. The van der Waals surface area contributed by atoms with Gasteiger partial charge in [-0.3, -0.25) is 9.69 Å². The van der Waals surface area contributed by atoms with Crippen LogP contribution in [0.2, 0.25) is 0 Å². The molecule has 5 nitrogen and oxygen atoms in total. The molecule has 168 valence electrons. The van der Waals surface area contributed by atoms with Crippen LogP contribution in [0.15, 0.2) is 66.7 Å². The monoisotopic (exact) mass is 461 g/mol. The van der Waals surface area contributed by atoms with E-state index in [0.717, 1.165) is 22.4 Å². The summed E-state index contributed by atoms with van der Waals surface area (Å²) in [5.41, 5.74) is 4.66. The summed E-state index contributed by atoms with van der Waals surface area (Å²) in [6.45, 7) is 4.48. The Balaban J connectivity index is 1.54. The molecule has 5 rings (SSSR count). The lowest BCUT2D eigenvalue weighted by molar-refractivity contribution is -0.123. The standard InChI is InChI=1S/C26H24FN3O2S/c1-17-6-5-8-20(14-17)28-25(32)30-12-13-33-26(30)21-15-18(2)10-11-23(21)29(24(26)31)16-19-7-3-4-9-22(19)27/h3-11,14-15H,12-13,16H2,1-2H3,(H,28,32). The van der Waals surface area contributed by atoms with E-state index in [1.54, 1.807) is 28.0 Å². The van der Waals surface area contributed by atoms with E-state index in [4.69, 9.17) is 0 Å². The van der Waals surface area contributed by atoms with Gasteiger partial charge in [0.05, 0.1) is 12.2 Å². The maximum absolute atomic E-state index is 14.4. The van der Waals surface area contributed by atoms with Crippen molar-refractivity contribution in [3.8, 4) is 0 Å². The second kappa shape index (κ2) is 8.23. The summed E-state index contributed by atoms with van der Waals surface area (Å²) < 4.78 is 14.4. The Bertz CT molecular complexity index is 1260. The van der Waals surface area contributed by atoms with Gasteiger partial charge in [0, 0.05) is 29.1 Å². The number of aryl methyl sites for hydroxylation is 2. The molecule has 3 aromatic rings. The van der Waals surface area contributed by atoms with Gasteiger partial charge in [-0.05, 0) is 43.7 Å². The van der Waals surface area contributed by atoms with Gasteiger partial charge in [0.25, 0.3) is 5.91 Å². The van der Waals surface area contributed by atoms with Gasteiger partial charge in [-0.15, -0.1) is 11.8 Å². The average Bonchev–Trinajstić information content (AvgIpc) is 3.32. The van der Waals surface area contributed by atoms with Gasteiger partial charge in [-0.2, -0.15) is 0 Å². The summed E-state index contributed by atoms with van der Waals surface area (Å²) >= 11 is 1.46. The zero-order chi connectivity index (χ0) is 23.2. The van der Waals surface area contributed by atoms with Crippen molar-refractivity contribution in [1.82, 2.24) is 4.90 Å². The number of carbonyl (C=O) groups excluding carboxylic acids is 2. The van der Waals surface area contributed by atoms with Gasteiger partial charge in [0.2, 0.25) is 0 Å². The minimum Gasteiger partial charge on any atom is -0.308 e. The summed E-state index contributed by atoms with van der Waals surface area (Å²) in [4.78, 5) is 29.5. The topological polar surface area (TPSA) is 52.7 Å². The number of nitrogens with zero attached hydrogens (tertiary/aromatic N) is 2. The molecule has 0 aromatic heterocycles. The number of rotatable bonds is 3. The van der Waals surface area contributed by atoms with Crippen LogP contribution in [0.3, 0.4) is 0 Å². The highest BCUT2D eigenvalue weighted by Crippen LogP contribution is 2.54. The van der Waals surface area contributed by atoms with Crippen LogP contribution in [0.25, 0.3) is 0 Å². The lowest BCUT2D eigenvalue weighted by Gasteiger charge is -2.33. The molecular formula is C26H24FN3O2S. The van der Waals surface area contributed by atoms with E-state index in [1.807, 2.05) is 56.3 Å². The molecular weight excluding hydrogens is 437 g/mol. The second-order valence-corrected chi connectivity index (χ2v) is 9.73. The van der Waals surface area contributed by atoms with Crippen molar-refractivity contribution in [3.63, 3.8) is 0 Å². The summed E-state index contributed by atoms with van der Waals surface area (Å²) in [6, 6.07) is 19.5. The van der Waals surface area contributed by atoms with E-state index in [1.165, 1.54) is 17.8 Å². The predicted octanol–water partition coefficient (Wildman–Crippen LogP) is 5.42. The molecule has 1 fully saturated rings. The van der Waals surface area contributed by atoms with Crippen LogP contribution in [-0.2, 0) is 16.2 Å². The van der Waals surface area contributed by atoms with E-state index < -0.39 is 4.87 Å². The first-order valence-electron chi connectivity index (χ1n) is 10.9. The number of hydrogen-bond acceptors (Lipinski definition) is 3. The number of halogens is 1. The molecule has 1 atom stereocenters. The number of fused-ring (bicyclic) bond motifs is 2. The first-order chi connectivity index (χ1) is 15.9. The van der Waals surface area contributed by atoms with E-state index in [-0.39, 0.29) is 24.3 Å². The van der Waals surface area contributed by atoms with E-state index in [2.05, 4.69) is 5.32 Å². The fourth-order valence-corrected chi connectivity index (χ4v) is 6.05. The fraction of sp³-hybridized carbons (Fsp3) is 0.231. The summed E-state index contributed by atoms with van der Waals surface area (Å²) in [5.74, 6) is 0.0646. The third kappa shape index (κ3) is 3.56. The molecule has 1 unspecified atom stereocenters. The number of carbonyl (C=O) groups is 2. The first-order valence-corrected chi connectivity index (χ1v) is 11.8. The van der Waals surface area contributed by atoms with Gasteiger partial charge in [0.1, 0.15) is 5.82 Å². The van der Waals surface area contributed by atoms with Crippen LogP contribution in [-0.4, -0.2) is 29.1 Å². The Morgan fingerprint density at radius 3 is 2.64 bits per heavy atom. The van der Waals surface area contributed by atoms with Crippen molar-refractivity contribution in [2.75, 3.05) is 22.5 Å². The van der Waals surface area contributed by atoms with Gasteiger partial charge in [0.15, 0.2) is 4.87 Å².